The van der Waals surface area contributed by atoms with Gasteiger partial charge >= 0.3 is 0 Å². The monoisotopic (exact) mass is 289 g/mol. The minimum absolute atomic E-state index is 0.0589. The number of pyridine rings is 1. The van der Waals surface area contributed by atoms with Crippen molar-refractivity contribution in [3.8, 4) is 0 Å². The maximum Gasteiger partial charge on any atom is 0.166 e. The van der Waals surface area contributed by atoms with Crippen molar-refractivity contribution in [3.05, 3.63) is 63.4 Å². The summed E-state index contributed by atoms with van der Waals surface area (Å²) in [5, 5.41) is 10.2. The molecule has 2 rings (SSSR count). The molecule has 1 unspecified atom stereocenters. The standard InChI is InChI=1S/C12H7Cl2F2NO/c13-7-2-3-8(15)11(16)10(7)12(18)6-1-4-9(14)17-5-6/h1-5,12,18H. The van der Waals surface area contributed by atoms with Crippen molar-refractivity contribution in [2.24, 2.45) is 0 Å². The van der Waals surface area contributed by atoms with Gasteiger partial charge in [-0.05, 0) is 18.2 Å². The molecule has 1 N–H and O–H groups in total. The van der Waals surface area contributed by atoms with Gasteiger partial charge in [0.1, 0.15) is 11.3 Å². The molecule has 0 saturated heterocycles. The summed E-state index contributed by atoms with van der Waals surface area (Å²) >= 11 is 11.4. The maximum atomic E-state index is 13.6. The van der Waals surface area contributed by atoms with Crippen molar-refractivity contribution in [2.45, 2.75) is 6.10 Å². The van der Waals surface area contributed by atoms with E-state index in [1.807, 2.05) is 0 Å². The molecule has 1 aromatic heterocycles. The average Bonchev–Trinajstić information content (AvgIpc) is 2.35. The van der Waals surface area contributed by atoms with Gasteiger partial charge in [-0.25, -0.2) is 13.8 Å². The van der Waals surface area contributed by atoms with Crippen molar-refractivity contribution in [1.82, 2.24) is 4.98 Å². The summed E-state index contributed by atoms with van der Waals surface area (Å²) in [6.07, 6.45) is -0.133. The molecule has 2 nitrogen and oxygen atoms in total. The van der Waals surface area contributed by atoms with Gasteiger partial charge in [-0.15, -0.1) is 0 Å². The Morgan fingerprint density at radius 1 is 1.11 bits per heavy atom. The van der Waals surface area contributed by atoms with Gasteiger partial charge in [-0.1, -0.05) is 29.3 Å². The number of hydrogen-bond acceptors (Lipinski definition) is 2. The largest absolute Gasteiger partial charge is 0.383 e. The average molecular weight is 290 g/mol. The van der Waals surface area contributed by atoms with Crippen molar-refractivity contribution in [1.29, 1.82) is 0 Å². The third-order valence-corrected chi connectivity index (χ3v) is 2.97. The molecule has 0 saturated carbocycles. The predicted octanol–water partition coefficient (Wildman–Crippen LogP) is 3.75. The van der Waals surface area contributed by atoms with Crippen LogP contribution in [0, 0.1) is 11.6 Å². The molecule has 1 atom stereocenters. The molecule has 0 amide bonds. The molecule has 1 heterocycles. The summed E-state index contributed by atoms with van der Waals surface area (Å²) in [6.45, 7) is 0. The molecule has 0 aliphatic rings. The number of nitrogens with zero attached hydrogens (tertiary/aromatic N) is 1. The van der Waals surface area contributed by atoms with Crippen molar-refractivity contribution in [3.63, 3.8) is 0 Å². The van der Waals surface area contributed by atoms with E-state index in [2.05, 4.69) is 4.98 Å². The third-order valence-electron chi connectivity index (χ3n) is 2.42. The fourth-order valence-corrected chi connectivity index (χ4v) is 1.87. The van der Waals surface area contributed by atoms with Crippen molar-refractivity contribution >= 4 is 23.2 Å². The third kappa shape index (κ3) is 2.46. The van der Waals surface area contributed by atoms with E-state index >= 15 is 0 Å². The van der Waals surface area contributed by atoms with Crippen molar-refractivity contribution in [2.75, 3.05) is 0 Å². The molecule has 94 valence electrons. The van der Waals surface area contributed by atoms with Crippen LogP contribution >= 0.6 is 23.2 Å². The molecule has 0 bridgehead atoms. The summed E-state index contributed by atoms with van der Waals surface area (Å²) in [6, 6.07) is 4.97. The van der Waals surface area contributed by atoms with Crippen LogP contribution in [0.5, 0.6) is 0 Å². The molecule has 0 aliphatic carbocycles. The van der Waals surface area contributed by atoms with E-state index in [1.165, 1.54) is 24.4 Å². The van der Waals surface area contributed by atoms with Gasteiger partial charge in [0.05, 0.1) is 0 Å². The molecule has 6 heteroatoms. The second kappa shape index (κ2) is 5.18. The van der Waals surface area contributed by atoms with Gasteiger partial charge in [-0.3, -0.25) is 0 Å². The van der Waals surface area contributed by atoms with Crippen LogP contribution < -0.4 is 0 Å². The van der Waals surface area contributed by atoms with Gasteiger partial charge < -0.3 is 5.11 Å². The molecular weight excluding hydrogens is 283 g/mol. The number of aliphatic hydroxyl groups excluding tert-OH is 1. The Hall–Kier alpha value is -1.23. The van der Waals surface area contributed by atoms with Crippen LogP contribution in [0.25, 0.3) is 0 Å². The maximum absolute atomic E-state index is 13.6. The zero-order valence-corrected chi connectivity index (χ0v) is 10.4. The predicted molar refractivity (Wildman–Crippen MR) is 64.7 cm³/mol. The Morgan fingerprint density at radius 2 is 1.83 bits per heavy atom. The van der Waals surface area contributed by atoms with Crippen LogP contribution in [0.3, 0.4) is 0 Å². The van der Waals surface area contributed by atoms with Gasteiger partial charge in [0.25, 0.3) is 0 Å². The Morgan fingerprint density at radius 3 is 2.44 bits per heavy atom. The first-order valence-corrected chi connectivity index (χ1v) is 5.69. The van der Waals surface area contributed by atoms with E-state index in [0.717, 1.165) is 6.07 Å². The molecule has 0 aliphatic heterocycles. The molecule has 2 aromatic rings. The Labute approximate surface area is 112 Å². The molecular formula is C12H7Cl2F2NO. The first-order valence-electron chi connectivity index (χ1n) is 4.93. The second-order valence-electron chi connectivity index (χ2n) is 3.57. The molecule has 0 radical (unpaired) electrons. The topological polar surface area (TPSA) is 33.1 Å². The van der Waals surface area contributed by atoms with E-state index in [9.17, 15) is 13.9 Å². The van der Waals surface area contributed by atoms with Gasteiger partial charge in [0.2, 0.25) is 0 Å². The van der Waals surface area contributed by atoms with Crippen LogP contribution in [-0.2, 0) is 0 Å². The molecule has 0 spiro atoms. The van der Waals surface area contributed by atoms with Crippen LogP contribution in [0.15, 0.2) is 30.5 Å². The zero-order chi connectivity index (χ0) is 13.3. The lowest BCUT2D eigenvalue weighted by Gasteiger charge is -2.14. The Balaban J connectivity index is 2.49. The van der Waals surface area contributed by atoms with E-state index in [1.54, 1.807) is 0 Å². The van der Waals surface area contributed by atoms with Gasteiger partial charge in [-0.2, -0.15) is 0 Å². The number of aliphatic hydroxyl groups is 1. The fraction of sp³-hybridized carbons (Fsp3) is 0.0833. The molecule has 1 aromatic carbocycles. The van der Waals surface area contributed by atoms with Gasteiger partial charge in [0.15, 0.2) is 11.6 Å². The van der Waals surface area contributed by atoms with E-state index in [-0.39, 0.29) is 21.3 Å². The lowest BCUT2D eigenvalue weighted by molar-refractivity contribution is 0.213. The quantitative estimate of drug-likeness (QED) is 0.675. The van der Waals surface area contributed by atoms with Crippen LogP contribution in [0.1, 0.15) is 17.2 Å². The fourth-order valence-electron chi connectivity index (χ4n) is 1.51. The summed E-state index contributed by atoms with van der Waals surface area (Å²) in [7, 11) is 0. The highest BCUT2D eigenvalue weighted by molar-refractivity contribution is 6.31. The first kappa shape index (κ1) is 13.2. The lowest BCUT2D eigenvalue weighted by Crippen LogP contribution is -2.05. The van der Waals surface area contributed by atoms with E-state index in [0.29, 0.717) is 0 Å². The van der Waals surface area contributed by atoms with E-state index < -0.39 is 17.7 Å². The zero-order valence-electron chi connectivity index (χ0n) is 8.87. The number of hydrogen-bond donors (Lipinski definition) is 1. The number of rotatable bonds is 2. The summed E-state index contributed by atoms with van der Waals surface area (Å²) < 4.78 is 26.7. The minimum atomic E-state index is -1.40. The second-order valence-corrected chi connectivity index (χ2v) is 4.37. The lowest BCUT2D eigenvalue weighted by atomic mass is 10.0. The SMILES string of the molecule is OC(c1ccc(Cl)nc1)c1c(Cl)ccc(F)c1F. The Bertz CT molecular complexity index is 575. The van der Waals surface area contributed by atoms with Crippen LogP contribution in [0.4, 0.5) is 8.78 Å². The van der Waals surface area contributed by atoms with Crippen molar-refractivity contribution < 1.29 is 13.9 Å². The minimum Gasteiger partial charge on any atom is -0.383 e. The highest BCUT2D eigenvalue weighted by Gasteiger charge is 2.21. The van der Waals surface area contributed by atoms with Crippen LogP contribution in [0.2, 0.25) is 10.2 Å². The highest BCUT2D eigenvalue weighted by atomic mass is 35.5. The number of halogens is 4. The Kier molecular flexibility index (Phi) is 3.80. The number of aromatic nitrogens is 1. The summed E-state index contributed by atoms with van der Waals surface area (Å²) in [5.74, 6) is -2.25. The molecule has 18 heavy (non-hydrogen) atoms. The van der Waals surface area contributed by atoms with Gasteiger partial charge in [0, 0.05) is 22.3 Å². The normalized spacial score (nSPS) is 12.5. The summed E-state index contributed by atoms with van der Waals surface area (Å²) in [5.41, 5.74) is -0.0495. The van der Waals surface area contributed by atoms with E-state index in [4.69, 9.17) is 23.2 Å². The summed E-state index contributed by atoms with van der Waals surface area (Å²) in [4.78, 5) is 3.75. The molecule has 0 fully saturated rings. The first-order chi connectivity index (χ1) is 8.50. The van der Waals surface area contributed by atoms with Crippen LogP contribution in [-0.4, -0.2) is 10.1 Å². The smallest absolute Gasteiger partial charge is 0.166 e. The highest BCUT2D eigenvalue weighted by Crippen LogP contribution is 2.31. The number of benzene rings is 1.